The Labute approximate surface area is 133 Å². The van der Waals surface area contributed by atoms with Crippen LogP contribution in [0.25, 0.3) is 0 Å². The predicted molar refractivity (Wildman–Crippen MR) is 86.7 cm³/mol. The van der Waals surface area contributed by atoms with Gasteiger partial charge >= 0.3 is 5.97 Å². The summed E-state index contributed by atoms with van der Waals surface area (Å²) in [5, 5.41) is 0. The molecule has 1 aliphatic carbocycles. The summed E-state index contributed by atoms with van der Waals surface area (Å²) in [6, 6.07) is 9.32. The Morgan fingerprint density at radius 1 is 1.09 bits per heavy atom. The number of ketones is 1. The SMILES string of the molecule is COC(=O)C1(C(C)(C)CC(=O)c2ccccc2)CCCCC1. The van der Waals surface area contributed by atoms with Crippen molar-refractivity contribution in [2.45, 2.75) is 52.4 Å². The first-order valence-electron chi connectivity index (χ1n) is 8.10. The highest BCUT2D eigenvalue weighted by atomic mass is 16.5. The van der Waals surface area contributed by atoms with Crippen molar-refractivity contribution < 1.29 is 14.3 Å². The van der Waals surface area contributed by atoms with E-state index in [2.05, 4.69) is 0 Å². The zero-order valence-corrected chi connectivity index (χ0v) is 13.9. The second-order valence-corrected chi connectivity index (χ2v) is 6.98. The number of carbonyl (C=O) groups excluding carboxylic acids is 2. The minimum atomic E-state index is -0.537. The van der Waals surface area contributed by atoms with Crippen LogP contribution in [0.5, 0.6) is 0 Å². The van der Waals surface area contributed by atoms with Crippen LogP contribution in [-0.2, 0) is 9.53 Å². The van der Waals surface area contributed by atoms with Crippen LogP contribution < -0.4 is 0 Å². The third-order valence-corrected chi connectivity index (χ3v) is 5.28. The van der Waals surface area contributed by atoms with Gasteiger partial charge in [-0.25, -0.2) is 0 Å². The third kappa shape index (κ3) is 3.08. The Kier molecular flexibility index (Phi) is 5.05. The number of Topliss-reactive ketones (excluding diaryl/α,β-unsaturated/α-hetero) is 1. The monoisotopic (exact) mass is 302 g/mol. The molecule has 0 N–H and O–H groups in total. The molecule has 0 amide bonds. The molecule has 0 saturated heterocycles. The molecule has 0 aliphatic heterocycles. The molecule has 1 aromatic rings. The molecule has 120 valence electrons. The first kappa shape index (κ1) is 16.7. The number of esters is 1. The number of hydrogen-bond acceptors (Lipinski definition) is 3. The maximum atomic E-state index is 12.6. The van der Waals surface area contributed by atoms with Gasteiger partial charge in [0.15, 0.2) is 5.78 Å². The predicted octanol–water partition coefficient (Wildman–Crippen LogP) is 4.41. The Hall–Kier alpha value is -1.64. The van der Waals surface area contributed by atoms with Gasteiger partial charge in [0.05, 0.1) is 12.5 Å². The highest BCUT2D eigenvalue weighted by Gasteiger charge is 2.52. The van der Waals surface area contributed by atoms with Crippen molar-refractivity contribution in [2.75, 3.05) is 7.11 Å². The minimum absolute atomic E-state index is 0.0967. The second-order valence-electron chi connectivity index (χ2n) is 6.98. The molecule has 1 fully saturated rings. The largest absolute Gasteiger partial charge is 0.469 e. The molecule has 0 bridgehead atoms. The lowest BCUT2D eigenvalue weighted by atomic mass is 9.56. The standard InChI is InChI=1S/C19H26O3/c1-18(2,14-16(20)15-10-6-4-7-11-15)19(17(21)22-3)12-8-5-9-13-19/h4,6-7,10-11H,5,8-9,12-14H2,1-3H3. The number of benzene rings is 1. The molecule has 1 aliphatic rings. The Morgan fingerprint density at radius 3 is 2.23 bits per heavy atom. The van der Waals surface area contributed by atoms with E-state index < -0.39 is 10.8 Å². The van der Waals surface area contributed by atoms with Gasteiger partial charge in [0.25, 0.3) is 0 Å². The quantitative estimate of drug-likeness (QED) is 0.598. The molecule has 3 heteroatoms. The zero-order chi connectivity index (χ0) is 16.2. The lowest BCUT2D eigenvalue weighted by Gasteiger charge is -2.46. The first-order valence-corrected chi connectivity index (χ1v) is 8.10. The number of hydrogen-bond donors (Lipinski definition) is 0. The summed E-state index contributed by atoms with van der Waals surface area (Å²) in [5.41, 5.74) is -0.232. The van der Waals surface area contributed by atoms with Crippen LogP contribution >= 0.6 is 0 Å². The van der Waals surface area contributed by atoms with E-state index in [4.69, 9.17) is 4.74 Å². The summed E-state index contributed by atoms with van der Waals surface area (Å²) in [5.74, 6) is -0.0579. The van der Waals surface area contributed by atoms with Crippen LogP contribution in [0.3, 0.4) is 0 Å². The minimum Gasteiger partial charge on any atom is -0.469 e. The average Bonchev–Trinajstić information content (AvgIpc) is 2.55. The number of ether oxygens (including phenoxy) is 1. The molecule has 0 unspecified atom stereocenters. The fourth-order valence-corrected chi connectivity index (χ4v) is 3.80. The van der Waals surface area contributed by atoms with Crippen LogP contribution in [0.15, 0.2) is 30.3 Å². The maximum absolute atomic E-state index is 12.6. The molecule has 2 rings (SSSR count). The van der Waals surface area contributed by atoms with Crippen LogP contribution in [0.4, 0.5) is 0 Å². The van der Waals surface area contributed by atoms with Crippen molar-refractivity contribution in [3.8, 4) is 0 Å². The van der Waals surface area contributed by atoms with Gasteiger partial charge in [-0.3, -0.25) is 9.59 Å². The number of rotatable bonds is 5. The molecule has 0 heterocycles. The summed E-state index contributed by atoms with van der Waals surface area (Å²) < 4.78 is 5.12. The van der Waals surface area contributed by atoms with Gasteiger partial charge in [0.2, 0.25) is 0 Å². The summed E-state index contributed by atoms with van der Waals surface area (Å²) >= 11 is 0. The maximum Gasteiger partial charge on any atom is 0.312 e. The van der Waals surface area contributed by atoms with E-state index in [0.29, 0.717) is 12.0 Å². The van der Waals surface area contributed by atoms with Crippen LogP contribution in [-0.4, -0.2) is 18.9 Å². The fourth-order valence-electron chi connectivity index (χ4n) is 3.80. The molecule has 0 aromatic heterocycles. The topological polar surface area (TPSA) is 43.4 Å². The van der Waals surface area contributed by atoms with Crippen LogP contribution in [0, 0.1) is 10.8 Å². The number of carbonyl (C=O) groups is 2. The second kappa shape index (κ2) is 6.64. The van der Waals surface area contributed by atoms with Crippen molar-refractivity contribution in [1.29, 1.82) is 0 Å². The van der Waals surface area contributed by atoms with Gasteiger partial charge in [-0.15, -0.1) is 0 Å². The van der Waals surface area contributed by atoms with E-state index in [1.807, 2.05) is 44.2 Å². The van der Waals surface area contributed by atoms with Crippen LogP contribution in [0.2, 0.25) is 0 Å². The third-order valence-electron chi connectivity index (χ3n) is 5.28. The fraction of sp³-hybridized carbons (Fsp3) is 0.579. The average molecular weight is 302 g/mol. The van der Waals surface area contributed by atoms with E-state index in [1.165, 1.54) is 7.11 Å². The Balaban J connectivity index is 2.25. The normalized spacial score (nSPS) is 17.8. The van der Waals surface area contributed by atoms with Crippen molar-refractivity contribution >= 4 is 11.8 Å². The lowest BCUT2D eigenvalue weighted by Crippen LogP contribution is -2.47. The zero-order valence-electron chi connectivity index (χ0n) is 13.9. The van der Waals surface area contributed by atoms with Crippen molar-refractivity contribution in [3.63, 3.8) is 0 Å². The van der Waals surface area contributed by atoms with Gasteiger partial charge in [0, 0.05) is 12.0 Å². The molecule has 1 saturated carbocycles. The smallest absolute Gasteiger partial charge is 0.312 e. The van der Waals surface area contributed by atoms with Crippen LogP contribution in [0.1, 0.15) is 62.7 Å². The van der Waals surface area contributed by atoms with Crippen molar-refractivity contribution in [1.82, 2.24) is 0 Å². The Morgan fingerprint density at radius 2 is 1.68 bits per heavy atom. The van der Waals surface area contributed by atoms with Crippen molar-refractivity contribution in [2.24, 2.45) is 10.8 Å². The Bertz CT molecular complexity index is 525. The first-order chi connectivity index (χ1) is 10.4. The summed E-state index contributed by atoms with van der Waals surface area (Å²) in [7, 11) is 1.45. The van der Waals surface area contributed by atoms with Gasteiger partial charge in [0.1, 0.15) is 0 Å². The van der Waals surface area contributed by atoms with Gasteiger partial charge < -0.3 is 4.74 Å². The molecule has 0 spiro atoms. The lowest BCUT2D eigenvalue weighted by molar-refractivity contribution is -0.164. The van der Waals surface area contributed by atoms with E-state index in [0.717, 1.165) is 32.1 Å². The molecule has 22 heavy (non-hydrogen) atoms. The van der Waals surface area contributed by atoms with E-state index in [1.54, 1.807) is 0 Å². The molecule has 0 radical (unpaired) electrons. The summed E-state index contributed by atoms with van der Waals surface area (Å²) in [6.07, 6.45) is 5.20. The van der Waals surface area contributed by atoms with Gasteiger partial charge in [-0.2, -0.15) is 0 Å². The number of methoxy groups -OCH3 is 1. The molecule has 0 atom stereocenters. The molecular weight excluding hydrogens is 276 g/mol. The molecular formula is C19H26O3. The van der Waals surface area contributed by atoms with E-state index in [-0.39, 0.29) is 11.8 Å². The molecule has 1 aromatic carbocycles. The van der Waals surface area contributed by atoms with Gasteiger partial charge in [-0.1, -0.05) is 63.4 Å². The van der Waals surface area contributed by atoms with Gasteiger partial charge in [-0.05, 0) is 18.3 Å². The van der Waals surface area contributed by atoms with Crippen molar-refractivity contribution in [3.05, 3.63) is 35.9 Å². The summed E-state index contributed by atoms with van der Waals surface area (Å²) in [6.45, 7) is 4.08. The van der Waals surface area contributed by atoms with E-state index in [9.17, 15) is 9.59 Å². The molecule has 3 nitrogen and oxygen atoms in total. The highest BCUT2D eigenvalue weighted by Crippen LogP contribution is 2.52. The highest BCUT2D eigenvalue weighted by molar-refractivity contribution is 5.97. The van der Waals surface area contributed by atoms with E-state index >= 15 is 0 Å². The summed E-state index contributed by atoms with van der Waals surface area (Å²) in [4.78, 5) is 25.1.